The number of benzene rings is 1. The fourth-order valence-electron chi connectivity index (χ4n) is 1.79. The van der Waals surface area contributed by atoms with Crippen LogP contribution in [-0.4, -0.2) is 36.7 Å². The quantitative estimate of drug-likeness (QED) is 0.725. The van der Waals surface area contributed by atoms with Crippen molar-refractivity contribution in [3.8, 4) is 0 Å². The average molecular weight is 235 g/mol. The van der Waals surface area contributed by atoms with E-state index in [2.05, 4.69) is 5.32 Å². The molecule has 0 aliphatic carbocycles. The topological polar surface area (TPSA) is 67.6 Å². The lowest BCUT2D eigenvalue weighted by Crippen LogP contribution is -2.48. The van der Waals surface area contributed by atoms with Crippen LogP contribution >= 0.6 is 0 Å². The van der Waals surface area contributed by atoms with E-state index < -0.39 is 0 Å². The van der Waals surface area contributed by atoms with Gasteiger partial charge in [-0.15, -0.1) is 0 Å². The zero-order valence-electron chi connectivity index (χ0n) is 9.85. The summed E-state index contributed by atoms with van der Waals surface area (Å²) in [5, 5.41) is 2.85. The number of nitrogen functional groups attached to an aromatic ring is 1. The molecule has 1 atom stereocenters. The number of anilines is 2. The number of nitrogens with one attached hydrogen (secondary N) is 1. The predicted octanol–water partition coefficient (Wildman–Crippen LogP) is 1.52. The molecule has 17 heavy (non-hydrogen) atoms. The molecule has 0 aromatic heterocycles. The van der Waals surface area contributed by atoms with Crippen molar-refractivity contribution in [2.45, 2.75) is 13.0 Å². The van der Waals surface area contributed by atoms with E-state index in [1.165, 1.54) is 0 Å². The monoisotopic (exact) mass is 235 g/mol. The molecule has 1 unspecified atom stereocenters. The van der Waals surface area contributed by atoms with Crippen molar-refractivity contribution in [1.29, 1.82) is 0 Å². The number of carbonyl (C=O) groups excluding carboxylic acids is 1. The molecule has 5 nitrogen and oxygen atoms in total. The summed E-state index contributed by atoms with van der Waals surface area (Å²) < 4.78 is 5.29. The van der Waals surface area contributed by atoms with E-state index in [0.717, 1.165) is 5.69 Å². The summed E-state index contributed by atoms with van der Waals surface area (Å²) in [5.41, 5.74) is 7.02. The number of carbonyl (C=O) groups is 1. The predicted molar refractivity (Wildman–Crippen MR) is 66.9 cm³/mol. The third-order valence-electron chi connectivity index (χ3n) is 2.79. The van der Waals surface area contributed by atoms with E-state index in [1.54, 1.807) is 29.2 Å². The first-order chi connectivity index (χ1) is 8.16. The smallest absolute Gasteiger partial charge is 0.322 e. The molecule has 5 heteroatoms. The molecule has 2 rings (SSSR count). The minimum absolute atomic E-state index is 0.0921. The summed E-state index contributed by atoms with van der Waals surface area (Å²) in [4.78, 5) is 13.8. The summed E-state index contributed by atoms with van der Waals surface area (Å²) >= 11 is 0. The van der Waals surface area contributed by atoms with Crippen molar-refractivity contribution in [2.24, 2.45) is 0 Å². The number of nitrogens with zero attached hydrogens (tertiary/aromatic N) is 1. The highest BCUT2D eigenvalue weighted by Gasteiger charge is 2.23. The van der Waals surface area contributed by atoms with E-state index in [4.69, 9.17) is 10.5 Å². The second kappa shape index (κ2) is 5.05. The molecule has 0 saturated carbocycles. The molecule has 1 aromatic rings. The number of urea groups is 1. The number of ether oxygens (including phenoxy) is 1. The van der Waals surface area contributed by atoms with Crippen LogP contribution in [0.25, 0.3) is 0 Å². The lowest BCUT2D eigenvalue weighted by molar-refractivity contribution is 0.0222. The Morgan fingerprint density at radius 1 is 1.47 bits per heavy atom. The molecule has 1 fully saturated rings. The first kappa shape index (κ1) is 11.7. The molecule has 2 amide bonds. The number of nitrogens with two attached hydrogens (primary N) is 1. The Morgan fingerprint density at radius 2 is 2.18 bits per heavy atom. The van der Waals surface area contributed by atoms with Gasteiger partial charge in [-0.3, -0.25) is 0 Å². The molecule has 1 aliphatic heterocycles. The first-order valence-electron chi connectivity index (χ1n) is 5.68. The fraction of sp³-hybridized carbons (Fsp3) is 0.417. The van der Waals surface area contributed by atoms with Crippen molar-refractivity contribution >= 4 is 17.4 Å². The molecule has 92 valence electrons. The lowest BCUT2D eigenvalue weighted by Gasteiger charge is -2.33. The summed E-state index contributed by atoms with van der Waals surface area (Å²) in [7, 11) is 0. The van der Waals surface area contributed by atoms with Gasteiger partial charge in [0.25, 0.3) is 0 Å². The Labute approximate surface area is 101 Å². The summed E-state index contributed by atoms with van der Waals surface area (Å²) in [6, 6.07) is 7.12. The van der Waals surface area contributed by atoms with Crippen LogP contribution in [0.5, 0.6) is 0 Å². The third kappa shape index (κ3) is 2.88. The van der Waals surface area contributed by atoms with Crippen molar-refractivity contribution in [3.05, 3.63) is 24.3 Å². The second-order valence-electron chi connectivity index (χ2n) is 4.17. The van der Waals surface area contributed by atoms with Crippen LogP contribution in [0.4, 0.5) is 16.2 Å². The third-order valence-corrected chi connectivity index (χ3v) is 2.79. The number of amides is 2. The first-order valence-corrected chi connectivity index (χ1v) is 5.68. The number of hydrogen-bond acceptors (Lipinski definition) is 3. The van der Waals surface area contributed by atoms with Gasteiger partial charge in [-0.25, -0.2) is 4.79 Å². The molecular formula is C12H17N3O2. The molecule has 0 radical (unpaired) electrons. The number of rotatable bonds is 1. The fourth-order valence-corrected chi connectivity index (χ4v) is 1.79. The van der Waals surface area contributed by atoms with Gasteiger partial charge in [0.1, 0.15) is 0 Å². The SMILES string of the molecule is CC1COCCN1C(=O)Nc1ccc(N)cc1. The Hall–Kier alpha value is -1.75. The Bertz CT molecular complexity index is 391. The van der Waals surface area contributed by atoms with E-state index in [9.17, 15) is 4.79 Å². The van der Waals surface area contributed by atoms with Gasteiger partial charge in [0.15, 0.2) is 0 Å². The molecule has 1 heterocycles. The zero-order chi connectivity index (χ0) is 12.3. The van der Waals surface area contributed by atoms with E-state index in [0.29, 0.717) is 25.4 Å². The minimum atomic E-state index is -0.0921. The van der Waals surface area contributed by atoms with Crippen LogP contribution in [0.2, 0.25) is 0 Å². The van der Waals surface area contributed by atoms with Gasteiger partial charge in [-0.2, -0.15) is 0 Å². The van der Waals surface area contributed by atoms with Gasteiger partial charge in [0.05, 0.1) is 19.3 Å². The highest BCUT2D eigenvalue weighted by molar-refractivity contribution is 5.89. The Balaban J connectivity index is 1.98. The van der Waals surface area contributed by atoms with Crippen LogP contribution in [-0.2, 0) is 4.74 Å². The van der Waals surface area contributed by atoms with E-state index >= 15 is 0 Å². The normalized spacial score (nSPS) is 20.1. The largest absolute Gasteiger partial charge is 0.399 e. The summed E-state index contributed by atoms with van der Waals surface area (Å²) in [6.07, 6.45) is 0. The summed E-state index contributed by atoms with van der Waals surface area (Å²) in [6.45, 7) is 3.79. The Morgan fingerprint density at radius 3 is 2.82 bits per heavy atom. The van der Waals surface area contributed by atoms with E-state index in [-0.39, 0.29) is 12.1 Å². The van der Waals surface area contributed by atoms with Crippen molar-refractivity contribution in [1.82, 2.24) is 4.90 Å². The second-order valence-corrected chi connectivity index (χ2v) is 4.17. The van der Waals surface area contributed by atoms with Crippen LogP contribution in [0, 0.1) is 0 Å². The summed E-state index contributed by atoms with van der Waals surface area (Å²) in [5.74, 6) is 0. The average Bonchev–Trinajstić information content (AvgIpc) is 2.32. The van der Waals surface area contributed by atoms with Gasteiger partial charge >= 0.3 is 6.03 Å². The molecule has 1 aliphatic rings. The van der Waals surface area contributed by atoms with Crippen molar-refractivity contribution in [2.75, 3.05) is 30.8 Å². The van der Waals surface area contributed by atoms with Gasteiger partial charge in [-0.05, 0) is 31.2 Å². The zero-order valence-corrected chi connectivity index (χ0v) is 9.85. The molecular weight excluding hydrogens is 218 g/mol. The van der Waals surface area contributed by atoms with Gasteiger partial charge < -0.3 is 20.7 Å². The molecule has 3 N–H and O–H groups in total. The van der Waals surface area contributed by atoms with Gasteiger partial charge in [-0.1, -0.05) is 0 Å². The lowest BCUT2D eigenvalue weighted by atomic mass is 10.2. The van der Waals surface area contributed by atoms with Crippen molar-refractivity contribution in [3.63, 3.8) is 0 Å². The van der Waals surface area contributed by atoms with Gasteiger partial charge in [0, 0.05) is 17.9 Å². The van der Waals surface area contributed by atoms with Crippen LogP contribution in [0.3, 0.4) is 0 Å². The maximum Gasteiger partial charge on any atom is 0.322 e. The molecule has 0 bridgehead atoms. The standard InChI is InChI=1S/C12H17N3O2/c1-9-8-17-7-6-15(9)12(16)14-11-4-2-10(13)3-5-11/h2-5,9H,6-8,13H2,1H3,(H,14,16). The number of morpholine rings is 1. The number of hydrogen-bond donors (Lipinski definition) is 2. The highest BCUT2D eigenvalue weighted by Crippen LogP contribution is 2.13. The molecule has 1 saturated heterocycles. The minimum Gasteiger partial charge on any atom is -0.399 e. The molecule has 0 spiro atoms. The van der Waals surface area contributed by atoms with Crippen LogP contribution in [0.15, 0.2) is 24.3 Å². The van der Waals surface area contributed by atoms with E-state index in [1.807, 2.05) is 6.92 Å². The maximum absolute atomic E-state index is 12.0. The Kier molecular flexibility index (Phi) is 3.49. The van der Waals surface area contributed by atoms with Crippen molar-refractivity contribution < 1.29 is 9.53 Å². The van der Waals surface area contributed by atoms with Crippen LogP contribution < -0.4 is 11.1 Å². The van der Waals surface area contributed by atoms with Gasteiger partial charge in [0.2, 0.25) is 0 Å². The molecule has 1 aromatic carbocycles. The maximum atomic E-state index is 12.0. The highest BCUT2D eigenvalue weighted by atomic mass is 16.5. The van der Waals surface area contributed by atoms with Crippen LogP contribution in [0.1, 0.15) is 6.92 Å².